The van der Waals surface area contributed by atoms with E-state index in [1.54, 1.807) is 18.5 Å². The first-order valence-electron chi connectivity index (χ1n) is 8.22. The molecular weight excluding hydrogens is 386 g/mol. The number of hydrogen-bond donors (Lipinski definition) is 2. The van der Waals surface area contributed by atoms with Crippen molar-refractivity contribution < 1.29 is 14.0 Å². The number of amides is 2. The number of fused-ring (bicyclic) bond motifs is 1. The summed E-state index contributed by atoms with van der Waals surface area (Å²) < 4.78 is 5.53. The summed E-state index contributed by atoms with van der Waals surface area (Å²) >= 11 is 2.55. The Bertz CT molecular complexity index is 999. The van der Waals surface area contributed by atoms with Crippen LogP contribution in [0.4, 0.5) is 5.00 Å². The van der Waals surface area contributed by atoms with Crippen molar-refractivity contribution in [2.75, 3.05) is 11.1 Å². The highest BCUT2D eigenvalue weighted by Gasteiger charge is 2.26. The fourth-order valence-corrected chi connectivity index (χ4v) is 4.79. The normalized spacial score (nSPS) is 12.7. The predicted molar refractivity (Wildman–Crippen MR) is 102 cm³/mol. The standard InChI is InChI=1S/C17H15N5O3S2/c18-14(24)13-10-4-1-5-11(10)27-16(13)20-12(23)8-26-17-22-21-15(25-17)9-3-2-6-19-7-9/h2-3,6-7H,1,4-5,8H2,(H2,18,24)(H,20,23). The number of thioether (sulfide) groups is 1. The molecular formula is C17H15N5O3S2. The summed E-state index contributed by atoms with van der Waals surface area (Å²) in [6, 6.07) is 3.58. The summed E-state index contributed by atoms with van der Waals surface area (Å²) in [7, 11) is 0. The molecule has 0 fully saturated rings. The summed E-state index contributed by atoms with van der Waals surface area (Å²) in [6.07, 6.45) is 6.04. The highest BCUT2D eigenvalue weighted by atomic mass is 32.2. The molecule has 0 unspecified atom stereocenters. The Kier molecular flexibility index (Phi) is 4.90. The number of carbonyl (C=O) groups excluding carboxylic acids is 2. The van der Waals surface area contributed by atoms with Crippen molar-refractivity contribution in [3.8, 4) is 11.5 Å². The van der Waals surface area contributed by atoms with Crippen LogP contribution in [0.15, 0.2) is 34.2 Å². The maximum Gasteiger partial charge on any atom is 0.277 e. The second-order valence-electron chi connectivity index (χ2n) is 5.88. The number of nitrogens with two attached hydrogens (primary N) is 1. The number of hydrogen-bond acceptors (Lipinski definition) is 8. The lowest BCUT2D eigenvalue weighted by molar-refractivity contribution is -0.113. The first-order chi connectivity index (χ1) is 13.1. The zero-order valence-electron chi connectivity index (χ0n) is 14.1. The van der Waals surface area contributed by atoms with Gasteiger partial charge in [0, 0.05) is 17.3 Å². The van der Waals surface area contributed by atoms with E-state index in [1.165, 1.54) is 11.3 Å². The Balaban J connectivity index is 1.40. The van der Waals surface area contributed by atoms with Crippen LogP contribution in [0, 0.1) is 0 Å². The molecule has 0 spiro atoms. The Morgan fingerprint density at radius 3 is 3.00 bits per heavy atom. The number of anilines is 1. The minimum absolute atomic E-state index is 0.0788. The van der Waals surface area contributed by atoms with Gasteiger partial charge in [-0.2, -0.15) is 0 Å². The minimum Gasteiger partial charge on any atom is -0.411 e. The van der Waals surface area contributed by atoms with Gasteiger partial charge in [-0.3, -0.25) is 14.6 Å². The third-order valence-corrected chi connectivity index (χ3v) is 6.09. The molecule has 10 heteroatoms. The molecule has 2 amide bonds. The summed E-state index contributed by atoms with van der Waals surface area (Å²) in [5.74, 6) is -0.342. The number of thiophene rings is 1. The smallest absolute Gasteiger partial charge is 0.277 e. The predicted octanol–water partition coefficient (Wildman–Crippen LogP) is 2.51. The van der Waals surface area contributed by atoms with Crippen molar-refractivity contribution in [1.82, 2.24) is 15.2 Å². The van der Waals surface area contributed by atoms with Crippen LogP contribution in [-0.2, 0) is 17.6 Å². The second-order valence-corrected chi connectivity index (χ2v) is 7.91. The largest absolute Gasteiger partial charge is 0.411 e. The molecule has 3 N–H and O–H groups in total. The number of primary amides is 1. The third kappa shape index (κ3) is 3.71. The van der Waals surface area contributed by atoms with Gasteiger partial charge in [-0.1, -0.05) is 11.8 Å². The van der Waals surface area contributed by atoms with E-state index in [0.29, 0.717) is 22.0 Å². The maximum absolute atomic E-state index is 12.3. The number of rotatable bonds is 6. The number of aryl methyl sites for hydroxylation is 1. The molecule has 4 rings (SSSR count). The van der Waals surface area contributed by atoms with E-state index >= 15 is 0 Å². The second kappa shape index (κ2) is 7.49. The van der Waals surface area contributed by atoms with E-state index in [0.717, 1.165) is 41.5 Å². The summed E-state index contributed by atoms with van der Waals surface area (Å²) in [6.45, 7) is 0. The van der Waals surface area contributed by atoms with Crippen molar-refractivity contribution in [3.63, 3.8) is 0 Å². The monoisotopic (exact) mass is 401 g/mol. The van der Waals surface area contributed by atoms with Crippen LogP contribution >= 0.6 is 23.1 Å². The molecule has 27 heavy (non-hydrogen) atoms. The van der Waals surface area contributed by atoms with Crippen LogP contribution in [0.25, 0.3) is 11.5 Å². The van der Waals surface area contributed by atoms with Crippen molar-refractivity contribution >= 4 is 39.9 Å². The van der Waals surface area contributed by atoms with Gasteiger partial charge in [-0.05, 0) is 37.0 Å². The molecule has 3 aromatic heterocycles. The average Bonchev–Trinajstić information content (AvgIpc) is 3.36. The van der Waals surface area contributed by atoms with Crippen molar-refractivity contribution in [3.05, 3.63) is 40.5 Å². The third-order valence-electron chi connectivity index (χ3n) is 4.06. The molecule has 0 aliphatic heterocycles. The average molecular weight is 401 g/mol. The van der Waals surface area contributed by atoms with Gasteiger partial charge >= 0.3 is 0 Å². The summed E-state index contributed by atoms with van der Waals surface area (Å²) in [5.41, 5.74) is 7.64. The molecule has 138 valence electrons. The van der Waals surface area contributed by atoms with E-state index in [9.17, 15) is 9.59 Å². The molecule has 3 heterocycles. The molecule has 0 radical (unpaired) electrons. The van der Waals surface area contributed by atoms with Crippen LogP contribution in [-0.4, -0.2) is 32.7 Å². The Morgan fingerprint density at radius 1 is 1.33 bits per heavy atom. The van der Waals surface area contributed by atoms with E-state index in [4.69, 9.17) is 10.2 Å². The van der Waals surface area contributed by atoms with Crippen molar-refractivity contribution in [2.45, 2.75) is 24.5 Å². The lowest BCUT2D eigenvalue weighted by Gasteiger charge is -2.04. The van der Waals surface area contributed by atoms with Crippen molar-refractivity contribution in [1.29, 1.82) is 0 Å². The fraction of sp³-hybridized carbons (Fsp3) is 0.235. The molecule has 0 bridgehead atoms. The zero-order chi connectivity index (χ0) is 18.8. The molecule has 0 saturated heterocycles. The van der Waals surface area contributed by atoms with E-state index in [2.05, 4.69) is 20.5 Å². The lowest BCUT2D eigenvalue weighted by atomic mass is 10.1. The van der Waals surface area contributed by atoms with Gasteiger partial charge in [0.2, 0.25) is 11.8 Å². The van der Waals surface area contributed by atoms with Gasteiger partial charge in [0.25, 0.3) is 11.1 Å². The van der Waals surface area contributed by atoms with Gasteiger partial charge in [0.15, 0.2) is 0 Å². The summed E-state index contributed by atoms with van der Waals surface area (Å²) in [5, 5.41) is 11.5. The molecule has 1 aliphatic carbocycles. The first-order valence-corrected chi connectivity index (χ1v) is 10.0. The van der Waals surface area contributed by atoms with E-state index in [-0.39, 0.29) is 16.9 Å². The van der Waals surface area contributed by atoms with Gasteiger partial charge in [0.1, 0.15) is 5.00 Å². The fourth-order valence-electron chi connectivity index (χ4n) is 2.92. The zero-order valence-corrected chi connectivity index (χ0v) is 15.7. The van der Waals surface area contributed by atoms with Crippen LogP contribution in [0.2, 0.25) is 0 Å². The lowest BCUT2D eigenvalue weighted by Crippen LogP contribution is -2.18. The van der Waals surface area contributed by atoms with E-state index < -0.39 is 5.91 Å². The molecule has 0 saturated carbocycles. The maximum atomic E-state index is 12.3. The Labute approximate surface area is 162 Å². The molecule has 3 aromatic rings. The van der Waals surface area contributed by atoms with Crippen LogP contribution < -0.4 is 11.1 Å². The minimum atomic E-state index is -0.504. The van der Waals surface area contributed by atoms with Crippen molar-refractivity contribution in [2.24, 2.45) is 5.73 Å². The number of pyridine rings is 1. The molecule has 1 aliphatic rings. The highest BCUT2D eigenvalue weighted by molar-refractivity contribution is 7.99. The van der Waals surface area contributed by atoms with Gasteiger partial charge in [-0.25, -0.2) is 0 Å². The molecule has 0 aromatic carbocycles. The number of nitrogens with one attached hydrogen (secondary N) is 1. The van der Waals surface area contributed by atoms with Gasteiger partial charge in [0.05, 0.1) is 16.9 Å². The number of carbonyl (C=O) groups is 2. The van der Waals surface area contributed by atoms with Crippen LogP contribution in [0.5, 0.6) is 0 Å². The number of aromatic nitrogens is 3. The first kappa shape index (κ1) is 17.7. The quantitative estimate of drug-likeness (QED) is 0.608. The Morgan fingerprint density at radius 2 is 2.22 bits per heavy atom. The molecule has 8 nitrogen and oxygen atoms in total. The Hall–Kier alpha value is -2.72. The SMILES string of the molecule is NC(=O)c1c(NC(=O)CSc2nnc(-c3cccnc3)o2)sc2c1CCC2. The van der Waals surface area contributed by atoms with Gasteiger partial charge < -0.3 is 15.5 Å². The van der Waals surface area contributed by atoms with E-state index in [1.807, 2.05) is 6.07 Å². The van der Waals surface area contributed by atoms with Crippen LogP contribution in [0.3, 0.4) is 0 Å². The van der Waals surface area contributed by atoms with Gasteiger partial charge in [-0.15, -0.1) is 21.5 Å². The highest BCUT2D eigenvalue weighted by Crippen LogP contribution is 2.38. The number of nitrogens with zero attached hydrogens (tertiary/aromatic N) is 3. The van der Waals surface area contributed by atoms with Crippen LogP contribution in [0.1, 0.15) is 27.2 Å². The topological polar surface area (TPSA) is 124 Å². The summed E-state index contributed by atoms with van der Waals surface area (Å²) in [4.78, 5) is 29.2. The molecule has 0 atom stereocenters.